The summed E-state index contributed by atoms with van der Waals surface area (Å²) in [5, 5.41) is 0.242. The number of rotatable bonds is 2. The predicted molar refractivity (Wildman–Crippen MR) is 47.4 cm³/mol. The van der Waals surface area contributed by atoms with Crippen LogP contribution in [0.1, 0.15) is 12.7 Å². The fourth-order valence-electron chi connectivity index (χ4n) is 0.769. The molecule has 1 aromatic rings. The van der Waals surface area contributed by atoms with Crippen LogP contribution in [0.2, 0.25) is 5.15 Å². The number of hydrogen-bond acceptors (Lipinski definition) is 4. The molecule has 0 bridgehead atoms. The summed E-state index contributed by atoms with van der Waals surface area (Å²) in [6.45, 7) is 4.09. The second kappa shape index (κ2) is 3.58. The van der Waals surface area contributed by atoms with Gasteiger partial charge in [0.25, 0.3) is 0 Å². The van der Waals surface area contributed by atoms with Gasteiger partial charge in [-0.2, -0.15) is 4.98 Å². The zero-order chi connectivity index (χ0) is 9.14. The second-order valence-corrected chi connectivity index (χ2v) is 2.57. The number of ether oxygens (including phenoxy) is 1. The summed E-state index contributed by atoms with van der Waals surface area (Å²) in [6.07, 6.45) is 0. The molecule has 4 nitrogen and oxygen atoms in total. The van der Waals surface area contributed by atoms with Gasteiger partial charge in [0.05, 0.1) is 6.61 Å². The number of nitrogens with zero attached hydrogens (tertiary/aromatic N) is 2. The molecule has 0 amide bonds. The van der Waals surface area contributed by atoms with Crippen LogP contribution >= 0.6 is 11.6 Å². The molecule has 1 aromatic heterocycles. The van der Waals surface area contributed by atoms with Crippen molar-refractivity contribution in [2.24, 2.45) is 0 Å². The average Bonchev–Trinajstić information content (AvgIpc) is 2.00. The summed E-state index contributed by atoms with van der Waals surface area (Å²) in [4.78, 5) is 7.85. The topological polar surface area (TPSA) is 61.0 Å². The normalized spacial score (nSPS) is 9.92. The molecule has 12 heavy (non-hydrogen) atoms. The van der Waals surface area contributed by atoms with Gasteiger partial charge >= 0.3 is 0 Å². The first-order valence-corrected chi connectivity index (χ1v) is 3.95. The van der Waals surface area contributed by atoms with Crippen LogP contribution in [0, 0.1) is 6.92 Å². The Balaban J connectivity index is 3.09. The van der Waals surface area contributed by atoms with Crippen molar-refractivity contribution in [3.05, 3.63) is 11.0 Å². The van der Waals surface area contributed by atoms with E-state index in [1.165, 1.54) is 0 Å². The lowest BCUT2D eigenvalue weighted by atomic mass is 10.5. The largest absolute Gasteiger partial charge is 0.476 e. The Kier molecular flexibility index (Phi) is 2.70. The smallest absolute Gasteiger partial charge is 0.242 e. The maximum absolute atomic E-state index is 5.70. The molecule has 5 heteroatoms. The molecule has 0 spiro atoms. The first kappa shape index (κ1) is 9.06. The Bertz CT molecular complexity index is 290. The maximum Gasteiger partial charge on any atom is 0.242 e. The minimum atomic E-state index is 0.242. The van der Waals surface area contributed by atoms with Gasteiger partial charge in [-0.1, -0.05) is 11.6 Å². The monoisotopic (exact) mass is 187 g/mol. The zero-order valence-corrected chi connectivity index (χ0v) is 7.72. The third kappa shape index (κ3) is 1.76. The molecule has 0 aliphatic rings. The van der Waals surface area contributed by atoms with E-state index in [1.807, 2.05) is 6.92 Å². The minimum absolute atomic E-state index is 0.242. The van der Waals surface area contributed by atoms with Gasteiger partial charge in [0.1, 0.15) is 11.5 Å². The van der Waals surface area contributed by atoms with Crippen LogP contribution in [-0.4, -0.2) is 16.6 Å². The van der Waals surface area contributed by atoms with Crippen molar-refractivity contribution in [2.75, 3.05) is 12.3 Å². The zero-order valence-electron chi connectivity index (χ0n) is 6.97. The first-order valence-electron chi connectivity index (χ1n) is 3.57. The highest BCUT2D eigenvalue weighted by Gasteiger charge is 2.08. The molecule has 66 valence electrons. The number of aromatic nitrogens is 2. The van der Waals surface area contributed by atoms with Crippen LogP contribution in [0.25, 0.3) is 0 Å². The van der Waals surface area contributed by atoms with Crippen molar-refractivity contribution < 1.29 is 4.74 Å². The molecular weight excluding hydrogens is 178 g/mol. The molecular formula is C7H10ClN3O. The molecule has 0 saturated carbocycles. The molecule has 0 saturated heterocycles. The standard InChI is InChI=1S/C7H10ClN3O/c1-3-12-7-5(9)6(8)10-4(2)11-7/h3,9H2,1-2H3. The molecule has 0 aliphatic heterocycles. The molecule has 1 rings (SSSR count). The quantitative estimate of drug-likeness (QED) is 0.712. The summed E-state index contributed by atoms with van der Waals surface area (Å²) in [5.41, 5.74) is 5.85. The van der Waals surface area contributed by atoms with Gasteiger partial charge in [-0.15, -0.1) is 0 Å². The van der Waals surface area contributed by atoms with E-state index >= 15 is 0 Å². The Morgan fingerprint density at radius 3 is 2.75 bits per heavy atom. The van der Waals surface area contributed by atoms with Crippen molar-refractivity contribution in [3.8, 4) is 5.88 Å². The number of nitrogens with two attached hydrogens (primary N) is 1. The third-order valence-corrected chi connectivity index (χ3v) is 1.55. The highest BCUT2D eigenvalue weighted by molar-refractivity contribution is 6.32. The molecule has 0 aromatic carbocycles. The molecule has 2 N–H and O–H groups in total. The fraction of sp³-hybridized carbons (Fsp3) is 0.429. The lowest BCUT2D eigenvalue weighted by Gasteiger charge is -2.06. The highest BCUT2D eigenvalue weighted by atomic mass is 35.5. The van der Waals surface area contributed by atoms with Crippen molar-refractivity contribution >= 4 is 17.3 Å². The predicted octanol–water partition coefficient (Wildman–Crippen LogP) is 1.42. The van der Waals surface area contributed by atoms with Gasteiger partial charge in [-0.25, -0.2) is 4.98 Å². The Morgan fingerprint density at radius 2 is 2.17 bits per heavy atom. The van der Waals surface area contributed by atoms with Crippen LogP contribution in [-0.2, 0) is 0 Å². The number of halogens is 1. The summed E-state index contributed by atoms with van der Waals surface area (Å²) >= 11 is 5.70. The van der Waals surface area contributed by atoms with Gasteiger partial charge in [-0.05, 0) is 13.8 Å². The van der Waals surface area contributed by atoms with E-state index in [-0.39, 0.29) is 5.15 Å². The summed E-state index contributed by atoms with van der Waals surface area (Å²) in [6, 6.07) is 0. The summed E-state index contributed by atoms with van der Waals surface area (Å²) in [7, 11) is 0. The van der Waals surface area contributed by atoms with Crippen molar-refractivity contribution in [3.63, 3.8) is 0 Å². The third-order valence-electron chi connectivity index (χ3n) is 1.26. The second-order valence-electron chi connectivity index (χ2n) is 2.21. The van der Waals surface area contributed by atoms with Crippen molar-refractivity contribution in [1.82, 2.24) is 9.97 Å². The lowest BCUT2D eigenvalue weighted by molar-refractivity contribution is 0.327. The van der Waals surface area contributed by atoms with Crippen LogP contribution in [0.5, 0.6) is 5.88 Å². The Morgan fingerprint density at radius 1 is 1.50 bits per heavy atom. The Labute approximate surface area is 75.7 Å². The fourth-order valence-corrected chi connectivity index (χ4v) is 0.973. The number of nitrogen functional groups attached to an aromatic ring is 1. The van der Waals surface area contributed by atoms with Gasteiger partial charge in [0.2, 0.25) is 5.88 Å². The van der Waals surface area contributed by atoms with Crippen molar-refractivity contribution in [1.29, 1.82) is 0 Å². The maximum atomic E-state index is 5.70. The van der Waals surface area contributed by atoms with E-state index in [2.05, 4.69) is 9.97 Å². The molecule has 0 radical (unpaired) electrons. The highest BCUT2D eigenvalue weighted by Crippen LogP contribution is 2.25. The number of aryl methyl sites for hydroxylation is 1. The van der Waals surface area contributed by atoms with Crippen LogP contribution in [0.3, 0.4) is 0 Å². The van der Waals surface area contributed by atoms with Crippen LogP contribution < -0.4 is 10.5 Å². The SMILES string of the molecule is CCOc1nc(C)nc(Cl)c1N. The van der Waals surface area contributed by atoms with Crippen LogP contribution in [0.15, 0.2) is 0 Å². The van der Waals surface area contributed by atoms with E-state index in [9.17, 15) is 0 Å². The van der Waals surface area contributed by atoms with Gasteiger partial charge in [0, 0.05) is 0 Å². The lowest BCUT2D eigenvalue weighted by Crippen LogP contribution is -2.03. The van der Waals surface area contributed by atoms with E-state index in [4.69, 9.17) is 22.1 Å². The molecule has 1 heterocycles. The first-order chi connectivity index (χ1) is 5.65. The molecule has 0 unspecified atom stereocenters. The van der Waals surface area contributed by atoms with Crippen LogP contribution in [0.4, 0.5) is 5.69 Å². The van der Waals surface area contributed by atoms with Gasteiger partial charge in [0.15, 0.2) is 5.15 Å². The van der Waals surface area contributed by atoms with Gasteiger partial charge < -0.3 is 10.5 Å². The molecule has 0 aliphatic carbocycles. The molecule has 0 fully saturated rings. The Hall–Kier alpha value is -1.03. The van der Waals surface area contributed by atoms with E-state index in [1.54, 1.807) is 6.92 Å². The minimum Gasteiger partial charge on any atom is -0.476 e. The summed E-state index contributed by atoms with van der Waals surface area (Å²) in [5.74, 6) is 0.910. The van der Waals surface area contributed by atoms with E-state index in [0.29, 0.717) is 24.0 Å². The van der Waals surface area contributed by atoms with Crippen molar-refractivity contribution in [2.45, 2.75) is 13.8 Å². The van der Waals surface area contributed by atoms with Gasteiger partial charge in [-0.3, -0.25) is 0 Å². The summed E-state index contributed by atoms with van der Waals surface area (Å²) < 4.78 is 5.14. The average molecular weight is 188 g/mol. The number of anilines is 1. The van der Waals surface area contributed by atoms with E-state index < -0.39 is 0 Å². The molecule has 0 atom stereocenters. The number of hydrogen-bond donors (Lipinski definition) is 1. The van der Waals surface area contributed by atoms with E-state index in [0.717, 1.165) is 0 Å².